The van der Waals surface area contributed by atoms with Gasteiger partial charge in [0.05, 0.1) is 18.6 Å². The Morgan fingerprint density at radius 1 is 1.14 bits per heavy atom. The molecule has 1 amide bonds. The van der Waals surface area contributed by atoms with Crippen molar-refractivity contribution in [1.82, 2.24) is 5.32 Å². The van der Waals surface area contributed by atoms with Crippen LogP contribution in [0.15, 0.2) is 53.7 Å². The predicted octanol–water partition coefficient (Wildman–Crippen LogP) is 3.23. The molecule has 148 valence electrons. The molecule has 0 radical (unpaired) electrons. The molecule has 1 heterocycles. The molecular weight excluding hydrogens is 373 g/mol. The first-order valence-corrected chi connectivity index (χ1v) is 8.62. The van der Waals surface area contributed by atoms with Crippen molar-refractivity contribution < 1.29 is 27.9 Å². The zero-order chi connectivity index (χ0) is 20.4. The topological polar surface area (TPSA) is 70.9 Å². The van der Waals surface area contributed by atoms with Crippen LogP contribution < -0.4 is 5.32 Å². The van der Waals surface area contributed by atoms with Gasteiger partial charge in [-0.15, -0.1) is 0 Å². The largest absolute Gasteiger partial charge is 0.458 e. The van der Waals surface area contributed by atoms with Gasteiger partial charge < -0.3 is 15.3 Å². The highest BCUT2D eigenvalue weighted by Crippen LogP contribution is 2.38. The lowest BCUT2D eigenvalue weighted by Gasteiger charge is -2.22. The van der Waals surface area contributed by atoms with Crippen molar-refractivity contribution in [2.45, 2.75) is 38.3 Å². The molecule has 0 fully saturated rings. The van der Waals surface area contributed by atoms with Crippen molar-refractivity contribution in [1.29, 1.82) is 0 Å². The smallest absolute Gasteiger partial charge is 0.352 e. The Morgan fingerprint density at radius 3 is 2.32 bits per heavy atom. The zero-order valence-corrected chi connectivity index (χ0v) is 15.1. The Bertz CT molecular complexity index is 877. The second kappa shape index (κ2) is 7.63. The van der Waals surface area contributed by atoms with Gasteiger partial charge in [0.2, 0.25) is 5.91 Å². The molecule has 0 saturated heterocycles. The van der Waals surface area contributed by atoms with Gasteiger partial charge in [0.25, 0.3) is 0 Å². The Balaban J connectivity index is 1.54. The molecule has 0 aromatic heterocycles. The van der Waals surface area contributed by atoms with Gasteiger partial charge in [-0.2, -0.15) is 13.2 Å². The van der Waals surface area contributed by atoms with Crippen molar-refractivity contribution in [2.75, 3.05) is 0 Å². The summed E-state index contributed by atoms with van der Waals surface area (Å²) in [6.45, 7) is 2.26. The van der Waals surface area contributed by atoms with Gasteiger partial charge in [0.1, 0.15) is 0 Å². The monoisotopic (exact) mass is 392 g/mol. The number of rotatable bonds is 5. The Hall–Kier alpha value is -2.87. The predicted molar refractivity (Wildman–Crippen MR) is 96.4 cm³/mol. The van der Waals surface area contributed by atoms with E-state index in [0.29, 0.717) is 12.1 Å². The first-order chi connectivity index (χ1) is 13.2. The summed E-state index contributed by atoms with van der Waals surface area (Å²) in [4.78, 5) is 16.2. The van der Waals surface area contributed by atoms with Gasteiger partial charge in [0.15, 0.2) is 0 Å². The number of oxime groups is 1. The number of nitrogens with zero attached hydrogens (tertiary/aromatic N) is 1. The fraction of sp³-hybridized carbons (Fsp3) is 0.300. The summed E-state index contributed by atoms with van der Waals surface area (Å²) >= 11 is 0. The summed E-state index contributed by atoms with van der Waals surface area (Å²) in [5, 5.41) is 15.6. The molecule has 3 rings (SSSR count). The number of carbonyl (C=O) groups excluding carboxylic acids is 1. The fourth-order valence-corrected chi connectivity index (χ4v) is 2.70. The van der Waals surface area contributed by atoms with Crippen LogP contribution in [0.3, 0.4) is 0 Å². The van der Waals surface area contributed by atoms with Crippen molar-refractivity contribution in [3.63, 3.8) is 0 Å². The zero-order valence-electron chi connectivity index (χ0n) is 15.1. The second-order valence-electron chi connectivity index (χ2n) is 6.72. The molecule has 2 N–H and O–H groups in total. The first kappa shape index (κ1) is 19.9. The average Bonchev–Trinajstić information content (AvgIpc) is 3.06. The van der Waals surface area contributed by atoms with Crippen LogP contribution >= 0.6 is 0 Å². The number of alkyl halides is 3. The van der Waals surface area contributed by atoms with Crippen molar-refractivity contribution in [3.8, 4) is 0 Å². The van der Waals surface area contributed by atoms with Gasteiger partial charge >= 0.3 is 12.0 Å². The highest BCUT2D eigenvalue weighted by atomic mass is 19.4. The highest BCUT2D eigenvalue weighted by molar-refractivity contribution is 6.01. The quantitative estimate of drug-likeness (QED) is 0.821. The van der Waals surface area contributed by atoms with Crippen molar-refractivity contribution in [2.24, 2.45) is 5.16 Å². The Labute approximate surface area is 159 Å². The molecule has 8 heteroatoms. The molecule has 0 saturated carbocycles. The summed E-state index contributed by atoms with van der Waals surface area (Å²) in [5.74, 6) is -3.41. The fourth-order valence-electron chi connectivity index (χ4n) is 2.70. The first-order valence-electron chi connectivity index (χ1n) is 8.62. The normalized spacial score (nSPS) is 19.1. The van der Waals surface area contributed by atoms with E-state index in [-0.39, 0.29) is 18.0 Å². The van der Waals surface area contributed by atoms with Gasteiger partial charge in [-0.25, -0.2) is 0 Å². The van der Waals surface area contributed by atoms with Crippen molar-refractivity contribution in [3.05, 3.63) is 70.8 Å². The molecule has 0 spiro atoms. The number of aliphatic hydroxyl groups is 1. The SMILES string of the molecule is Cc1ccc(CC(=O)NCc2ccc(C3=NOC(O)(C(F)(F)F)C3)cc2)cc1. The van der Waals surface area contributed by atoms with Gasteiger partial charge in [-0.3, -0.25) is 4.79 Å². The maximum Gasteiger partial charge on any atom is 0.458 e. The molecule has 0 aliphatic carbocycles. The lowest BCUT2D eigenvalue weighted by atomic mass is 10.0. The third-order valence-corrected chi connectivity index (χ3v) is 4.42. The Morgan fingerprint density at radius 2 is 1.75 bits per heavy atom. The molecule has 1 aliphatic heterocycles. The van der Waals surface area contributed by atoms with Gasteiger partial charge in [-0.05, 0) is 23.6 Å². The van der Waals surface area contributed by atoms with Crippen LogP contribution in [0, 0.1) is 6.92 Å². The number of amides is 1. The third-order valence-electron chi connectivity index (χ3n) is 4.42. The maximum absolute atomic E-state index is 12.8. The molecule has 1 atom stereocenters. The minimum absolute atomic E-state index is 0.00906. The van der Waals surface area contributed by atoms with Crippen LogP contribution in [0.25, 0.3) is 0 Å². The number of aryl methyl sites for hydroxylation is 1. The summed E-state index contributed by atoms with van der Waals surface area (Å²) in [6.07, 6.45) is -5.44. The molecule has 2 aromatic rings. The maximum atomic E-state index is 12.8. The van der Waals surface area contributed by atoms with E-state index in [1.165, 1.54) is 0 Å². The second-order valence-corrected chi connectivity index (χ2v) is 6.72. The minimum Gasteiger partial charge on any atom is -0.352 e. The van der Waals surface area contributed by atoms with Crippen LogP contribution in [0.1, 0.15) is 28.7 Å². The summed E-state index contributed by atoms with van der Waals surface area (Å²) < 4.78 is 38.3. The van der Waals surface area contributed by atoms with E-state index in [2.05, 4.69) is 15.3 Å². The molecule has 1 unspecified atom stereocenters. The molecule has 28 heavy (non-hydrogen) atoms. The van der Waals surface area contributed by atoms with E-state index in [4.69, 9.17) is 0 Å². The van der Waals surface area contributed by atoms with E-state index >= 15 is 0 Å². The molecule has 5 nitrogen and oxygen atoms in total. The van der Waals surface area contributed by atoms with Crippen LogP contribution in [-0.2, 0) is 22.6 Å². The number of halogens is 3. The van der Waals surface area contributed by atoms with E-state index < -0.39 is 18.4 Å². The van der Waals surface area contributed by atoms with Crippen LogP contribution in [0.2, 0.25) is 0 Å². The number of nitrogens with one attached hydrogen (secondary N) is 1. The number of carbonyl (C=O) groups is 1. The molecule has 1 aliphatic rings. The standard InChI is InChI=1S/C20H19F3N2O3/c1-13-2-4-14(5-3-13)10-18(26)24-12-15-6-8-16(9-7-15)17-11-19(27,28-25-17)20(21,22)23/h2-9,27H,10-12H2,1H3,(H,24,26). The van der Waals surface area contributed by atoms with Crippen LogP contribution in [-0.4, -0.2) is 28.7 Å². The average molecular weight is 392 g/mol. The number of benzene rings is 2. The van der Waals surface area contributed by atoms with Gasteiger partial charge in [0, 0.05) is 6.54 Å². The van der Waals surface area contributed by atoms with Gasteiger partial charge in [-0.1, -0.05) is 59.3 Å². The lowest BCUT2D eigenvalue weighted by molar-refractivity contribution is -0.355. The van der Waals surface area contributed by atoms with Crippen LogP contribution in [0.4, 0.5) is 13.2 Å². The molecule has 2 aromatic carbocycles. The van der Waals surface area contributed by atoms with E-state index in [9.17, 15) is 23.1 Å². The molecule has 0 bridgehead atoms. The number of hydrogen-bond acceptors (Lipinski definition) is 4. The molecular formula is C20H19F3N2O3. The third kappa shape index (κ3) is 4.51. The van der Waals surface area contributed by atoms with Crippen molar-refractivity contribution >= 4 is 11.6 Å². The summed E-state index contributed by atoms with van der Waals surface area (Å²) in [5.41, 5.74) is 3.24. The van der Waals surface area contributed by atoms with Crippen LogP contribution in [0.5, 0.6) is 0 Å². The summed E-state index contributed by atoms with van der Waals surface area (Å²) in [7, 11) is 0. The lowest BCUT2D eigenvalue weighted by Crippen LogP contribution is -2.45. The summed E-state index contributed by atoms with van der Waals surface area (Å²) in [6, 6.07) is 14.2. The highest BCUT2D eigenvalue weighted by Gasteiger charge is 2.60. The van der Waals surface area contributed by atoms with E-state index in [1.54, 1.807) is 24.3 Å². The minimum atomic E-state index is -4.93. The Kier molecular flexibility index (Phi) is 5.42. The number of hydrogen-bond donors (Lipinski definition) is 2. The van der Waals surface area contributed by atoms with E-state index in [0.717, 1.165) is 16.7 Å². The van der Waals surface area contributed by atoms with E-state index in [1.807, 2.05) is 31.2 Å².